The van der Waals surface area contributed by atoms with Gasteiger partial charge in [0.2, 0.25) is 0 Å². The van der Waals surface area contributed by atoms with E-state index in [2.05, 4.69) is 5.10 Å². The Hall–Kier alpha value is -2.30. The summed E-state index contributed by atoms with van der Waals surface area (Å²) in [7, 11) is 1.36. The van der Waals surface area contributed by atoms with E-state index in [0.29, 0.717) is 5.75 Å². The summed E-state index contributed by atoms with van der Waals surface area (Å²) >= 11 is 0. The number of benzene rings is 1. The van der Waals surface area contributed by atoms with Crippen LogP contribution in [0.25, 0.3) is 5.69 Å². The van der Waals surface area contributed by atoms with Crippen LogP contribution in [-0.2, 0) is 9.53 Å². The summed E-state index contributed by atoms with van der Waals surface area (Å²) in [6.07, 6.45) is 2.70. The molecule has 106 valence electrons. The lowest BCUT2D eigenvalue weighted by Crippen LogP contribution is -2.33. The van der Waals surface area contributed by atoms with Crippen molar-refractivity contribution >= 4 is 5.97 Å². The highest BCUT2D eigenvalue weighted by Gasteiger charge is 2.25. The highest BCUT2D eigenvalue weighted by Crippen LogP contribution is 2.18. The average Bonchev–Trinajstić information content (AvgIpc) is 2.93. The van der Waals surface area contributed by atoms with Crippen molar-refractivity contribution in [2.45, 2.75) is 20.0 Å². The lowest BCUT2D eigenvalue weighted by molar-refractivity contribution is -0.150. The Morgan fingerprint density at radius 2 is 1.95 bits per heavy atom. The molecule has 1 heterocycles. The first-order valence-electron chi connectivity index (χ1n) is 6.46. The Kier molecular flexibility index (Phi) is 4.40. The van der Waals surface area contributed by atoms with Crippen LogP contribution in [0, 0.1) is 5.92 Å². The lowest BCUT2D eigenvalue weighted by atomic mass is 10.1. The number of esters is 1. The van der Waals surface area contributed by atoms with Crippen molar-refractivity contribution < 1.29 is 14.3 Å². The van der Waals surface area contributed by atoms with Crippen LogP contribution in [0.3, 0.4) is 0 Å². The molecule has 0 fully saturated rings. The molecule has 0 saturated heterocycles. The Balaban J connectivity index is 2.15. The van der Waals surface area contributed by atoms with Gasteiger partial charge in [0.05, 0.1) is 25.2 Å². The molecule has 1 aromatic carbocycles. The molecule has 20 heavy (non-hydrogen) atoms. The molecule has 2 aromatic rings. The summed E-state index contributed by atoms with van der Waals surface area (Å²) in [5, 5.41) is 4.22. The Morgan fingerprint density at radius 3 is 2.55 bits per heavy atom. The fraction of sp³-hybridized carbons (Fsp3) is 0.333. The molecule has 0 N–H and O–H groups in total. The van der Waals surface area contributed by atoms with E-state index >= 15 is 0 Å². The van der Waals surface area contributed by atoms with Gasteiger partial charge in [-0.05, 0) is 12.1 Å². The predicted molar refractivity (Wildman–Crippen MR) is 74.8 cm³/mol. The number of nitrogens with zero attached hydrogens (tertiary/aromatic N) is 2. The van der Waals surface area contributed by atoms with Gasteiger partial charge in [-0.2, -0.15) is 5.10 Å². The first kappa shape index (κ1) is 14.1. The van der Waals surface area contributed by atoms with Gasteiger partial charge in [-0.3, -0.25) is 0 Å². The van der Waals surface area contributed by atoms with Crippen molar-refractivity contribution in [1.29, 1.82) is 0 Å². The van der Waals surface area contributed by atoms with Crippen LogP contribution in [0.4, 0.5) is 0 Å². The molecule has 0 aliphatic rings. The minimum absolute atomic E-state index is 0.0162. The average molecular weight is 274 g/mol. The van der Waals surface area contributed by atoms with E-state index in [1.807, 2.05) is 44.2 Å². The van der Waals surface area contributed by atoms with E-state index in [4.69, 9.17) is 9.47 Å². The van der Waals surface area contributed by atoms with Crippen LogP contribution in [0.2, 0.25) is 0 Å². The first-order valence-corrected chi connectivity index (χ1v) is 6.46. The van der Waals surface area contributed by atoms with Gasteiger partial charge in [0, 0.05) is 5.92 Å². The first-order chi connectivity index (χ1) is 9.61. The Labute approximate surface area is 118 Å². The Morgan fingerprint density at radius 1 is 1.25 bits per heavy atom. The van der Waals surface area contributed by atoms with Crippen molar-refractivity contribution in [1.82, 2.24) is 9.78 Å². The molecule has 1 atom stereocenters. The number of aromatic nitrogens is 2. The second-order valence-corrected chi connectivity index (χ2v) is 4.76. The largest absolute Gasteiger partial charge is 0.475 e. The van der Waals surface area contributed by atoms with Gasteiger partial charge in [0.25, 0.3) is 0 Å². The SMILES string of the molecule is COC(=O)C(Oc1cnn(-c2ccccc2)c1)C(C)C. The molecule has 5 heteroatoms. The third-order valence-electron chi connectivity index (χ3n) is 2.88. The molecule has 0 bridgehead atoms. The zero-order valence-corrected chi connectivity index (χ0v) is 11.8. The number of hydrogen-bond acceptors (Lipinski definition) is 4. The number of carbonyl (C=O) groups is 1. The number of carbonyl (C=O) groups excluding carboxylic acids is 1. The molecule has 0 saturated carbocycles. The number of methoxy groups -OCH3 is 1. The number of para-hydroxylation sites is 1. The fourth-order valence-electron chi connectivity index (χ4n) is 1.81. The zero-order chi connectivity index (χ0) is 14.5. The number of ether oxygens (including phenoxy) is 2. The van der Waals surface area contributed by atoms with Crippen molar-refractivity contribution in [3.05, 3.63) is 42.7 Å². The molecule has 0 aliphatic heterocycles. The third kappa shape index (κ3) is 3.17. The van der Waals surface area contributed by atoms with Crippen LogP contribution in [0.5, 0.6) is 5.75 Å². The van der Waals surface area contributed by atoms with Crippen molar-refractivity contribution in [2.75, 3.05) is 7.11 Å². The maximum Gasteiger partial charge on any atom is 0.347 e. The van der Waals surface area contributed by atoms with Crippen LogP contribution in [-0.4, -0.2) is 29.0 Å². The molecule has 2 rings (SSSR count). The smallest absolute Gasteiger partial charge is 0.347 e. The monoisotopic (exact) mass is 274 g/mol. The normalized spacial score (nSPS) is 12.2. The Bertz CT molecular complexity index is 564. The topological polar surface area (TPSA) is 53.4 Å². The van der Waals surface area contributed by atoms with Gasteiger partial charge in [-0.15, -0.1) is 0 Å². The zero-order valence-electron chi connectivity index (χ0n) is 11.8. The van der Waals surface area contributed by atoms with Crippen LogP contribution in [0.15, 0.2) is 42.7 Å². The highest BCUT2D eigenvalue weighted by molar-refractivity contribution is 5.75. The van der Waals surface area contributed by atoms with E-state index in [1.165, 1.54) is 7.11 Å². The molecule has 5 nitrogen and oxygen atoms in total. The molecule has 0 radical (unpaired) electrons. The maximum atomic E-state index is 11.7. The number of rotatable bonds is 5. The summed E-state index contributed by atoms with van der Waals surface area (Å²) in [5.41, 5.74) is 0.932. The van der Waals surface area contributed by atoms with Gasteiger partial charge in [0.15, 0.2) is 11.9 Å². The van der Waals surface area contributed by atoms with E-state index in [9.17, 15) is 4.79 Å². The minimum Gasteiger partial charge on any atom is -0.475 e. The van der Waals surface area contributed by atoms with E-state index in [0.717, 1.165) is 5.69 Å². The molecule has 1 unspecified atom stereocenters. The van der Waals surface area contributed by atoms with Gasteiger partial charge in [0.1, 0.15) is 0 Å². The molecule has 0 spiro atoms. The van der Waals surface area contributed by atoms with Crippen LogP contribution in [0.1, 0.15) is 13.8 Å². The van der Waals surface area contributed by atoms with E-state index in [1.54, 1.807) is 17.1 Å². The van der Waals surface area contributed by atoms with Crippen molar-refractivity contribution in [3.63, 3.8) is 0 Å². The van der Waals surface area contributed by atoms with Gasteiger partial charge < -0.3 is 9.47 Å². The van der Waals surface area contributed by atoms with Crippen LogP contribution >= 0.6 is 0 Å². The molecular formula is C15H18N2O3. The second kappa shape index (κ2) is 6.23. The van der Waals surface area contributed by atoms with Crippen molar-refractivity contribution in [2.24, 2.45) is 5.92 Å². The summed E-state index contributed by atoms with van der Waals surface area (Å²) in [6.45, 7) is 3.81. The molecule has 1 aromatic heterocycles. The second-order valence-electron chi connectivity index (χ2n) is 4.76. The molecular weight excluding hydrogens is 256 g/mol. The van der Waals surface area contributed by atoms with Gasteiger partial charge >= 0.3 is 5.97 Å². The summed E-state index contributed by atoms with van der Waals surface area (Å²) < 4.78 is 12.1. The molecule has 0 aliphatic carbocycles. The van der Waals surface area contributed by atoms with Gasteiger partial charge in [-0.25, -0.2) is 9.48 Å². The van der Waals surface area contributed by atoms with Crippen LogP contribution < -0.4 is 4.74 Å². The highest BCUT2D eigenvalue weighted by atomic mass is 16.6. The minimum atomic E-state index is -0.631. The molecule has 0 amide bonds. The van der Waals surface area contributed by atoms with Crippen molar-refractivity contribution in [3.8, 4) is 11.4 Å². The number of hydrogen-bond donors (Lipinski definition) is 0. The van der Waals surface area contributed by atoms with E-state index in [-0.39, 0.29) is 11.9 Å². The summed E-state index contributed by atoms with van der Waals surface area (Å²) in [4.78, 5) is 11.7. The predicted octanol–water partition coefficient (Wildman–Crippen LogP) is 2.45. The third-order valence-corrected chi connectivity index (χ3v) is 2.88. The lowest BCUT2D eigenvalue weighted by Gasteiger charge is -2.18. The quantitative estimate of drug-likeness (QED) is 0.786. The van der Waals surface area contributed by atoms with E-state index < -0.39 is 6.10 Å². The standard InChI is InChI=1S/C15H18N2O3/c1-11(2)14(15(18)19-3)20-13-9-16-17(10-13)12-7-5-4-6-8-12/h4-11,14H,1-3H3. The maximum absolute atomic E-state index is 11.7. The summed E-state index contributed by atoms with van der Waals surface area (Å²) in [5.74, 6) is 0.174. The summed E-state index contributed by atoms with van der Waals surface area (Å²) in [6, 6.07) is 9.69. The van der Waals surface area contributed by atoms with Gasteiger partial charge in [-0.1, -0.05) is 32.0 Å². The fourth-order valence-corrected chi connectivity index (χ4v) is 1.81.